The van der Waals surface area contributed by atoms with Crippen LogP contribution in [0, 0.1) is 11.8 Å². The molecule has 0 aliphatic heterocycles. The van der Waals surface area contributed by atoms with Crippen molar-refractivity contribution in [3.8, 4) is 0 Å². The van der Waals surface area contributed by atoms with Gasteiger partial charge in [0.1, 0.15) is 0 Å². The van der Waals surface area contributed by atoms with Crippen molar-refractivity contribution in [3.63, 3.8) is 0 Å². The highest BCUT2D eigenvalue weighted by Crippen LogP contribution is 2.32. The molecule has 2 atom stereocenters. The average Bonchev–Trinajstić information content (AvgIpc) is 2.46. The third kappa shape index (κ3) is 4.80. The number of carboxylic acids is 1. The van der Waals surface area contributed by atoms with Gasteiger partial charge in [-0.2, -0.15) is 0 Å². The monoisotopic (exact) mass is 283 g/mol. The molecular weight excluding hydrogens is 254 g/mol. The molecule has 0 unspecified atom stereocenters. The summed E-state index contributed by atoms with van der Waals surface area (Å²) in [5.74, 6) is -1.48. The lowest BCUT2D eigenvalue weighted by Gasteiger charge is -2.33. The first-order valence-corrected chi connectivity index (χ1v) is 8.13. The van der Waals surface area contributed by atoms with Crippen molar-refractivity contribution in [1.29, 1.82) is 0 Å². The van der Waals surface area contributed by atoms with Gasteiger partial charge in [0.15, 0.2) is 0 Å². The second-order valence-electron chi connectivity index (χ2n) is 5.87. The van der Waals surface area contributed by atoms with E-state index in [0.717, 1.165) is 58.0 Å². The first-order chi connectivity index (χ1) is 9.61. The molecular formula is C16H29NO3. The number of carbonyl (C=O) groups excluding carboxylic acids is 1. The van der Waals surface area contributed by atoms with Crippen molar-refractivity contribution in [3.05, 3.63) is 0 Å². The zero-order valence-corrected chi connectivity index (χ0v) is 12.9. The quantitative estimate of drug-likeness (QED) is 0.743. The van der Waals surface area contributed by atoms with E-state index in [1.165, 1.54) is 0 Å². The van der Waals surface area contributed by atoms with Gasteiger partial charge in [0.25, 0.3) is 0 Å². The van der Waals surface area contributed by atoms with E-state index in [1.807, 2.05) is 4.90 Å². The van der Waals surface area contributed by atoms with Crippen LogP contribution in [0.25, 0.3) is 0 Å². The Morgan fingerprint density at radius 2 is 1.50 bits per heavy atom. The Balaban J connectivity index is 2.71. The van der Waals surface area contributed by atoms with Crippen LogP contribution in [0.1, 0.15) is 65.2 Å². The molecule has 20 heavy (non-hydrogen) atoms. The van der Waals surface area contributed by atoms with Crippen LogP contribution >= 0.6 is 0 Å². The van der Waals surface area contributed by atoms with E-state index >= 15 is 0 Å². The van der Waals surface area contributed by atoms with Crippen LogP contribution in [-0.2, 0) is 9.59 Å². The molecule has 1 fully saturated rings. The highest BCUT2D eigenvalue weighted by atomic mass is 16.4. The van der Waals surface area contributed by atoms with Gasteiger partial charge in [0, 0.05) is 13.1 Å². The van der Waals surface area contributed by atoms with E-state index in [2.05, 4.69) is 13.8 Å². The minimum absolute atomic E-state index is 0.0824. The summed E-state index contributed by atoms with van der Waals surface area (Å²) in [6, 6.07) is 0. The van der Waals surface area contributed by atoms with Crippen LogP contribution in [0.15, 0.2) is 0 Å². The molecule has 0 saturated heterocycles. The Kier molecular flexibility index (Phi) is 7.63. The van der Waals surface area contributed by atoms with Gasteiger partial charge in [-0.1, -0.05) is 39.5 Å². The van der Waals surface area contributed by atoms with Crippen molar-refractivity contribution in [2.24, 2.45) is 11.8 Å². The van der Waals surface area contributed by atoms with Crippen molar-refractivity contribution < 1.29 is 14.7 Å². The van der Waals surface area contributed by atoms with Crippen molar-refractivity contribution in [2.45, 2.75) is 65.2 Å². The van der Waals surface area contributed by atoms with Gasteiger partial charge < -0.3 is 10.0 Å². The molecule has 1 N–H and O–H groups in total. The van der Waals surface area contributed by atoms with Crippen molar-refractivity contribution in [1.82, 2.24) is 4.90 Å². The summed E-state index contributed by atoms with van der Waals surface area (Å²) in [4.78, 5) is 26.0. The Morgan fingerprint density at radius 1 is 1.00 bits per heavy atom. The predicted molar refractivity (Wildman–Crippen MR) is 79.5 cm³/mol. The summed E-state index contributed by atoms with van der Waals surface area (Å²) in [7, 11) is 0. The fourth-order valence-corrected chi connectivity index (χ4v) is 2.99. The largest absolute Gasteiger partial charge is 0.481 e. The molecule has 1 aliphatic rings. The lowest BCUT2D eigenvalue weighted by molar-refractivity contribution is -0.152. The first kappa shape index (κ1) is 17.0. The van der Waals surface area contributed by atoms with E-state index in [-0.39, 0.29) is 11.8 Å². The van der Waals surface area contributed by atoms with Gasteiger partial charge in [-0.25, -0.2) is 0 Å². The zero-order valence-electron chi connectivity index (χ0n) is 12.9. The number of amides is 1. The van der Waals surface area contributed by atoms with E-state index in [1.54, 1.807) is 0 Å². The van der Waals surface area contributed by atoms with Crippen LogP contribution in [0.5, 0.6) is 0 Å². The maximum Gasteiger partial charge on any atom is 0.307 e. The highest BCUT2D eigenvalue weighted by Gasteiger charge is 2.37. The van der Waals surface area contributed by atoms with E-state index in [4.69, 9.17) is 0 Å². The summed E-state index contributed by atoms with van der Waals surface area (Å²) in [6.07, 6.45) is 7.43. The maximum atomic E-state index is 12.7. The minimum atomic E-state index is -0.797. The van der Waals surface area contributed by atoms with Gasteiger partial charge in [-0.05, 0) is 25.7 Å². The summed E-state index contributed by atoms with van der Waals surface area (Å²) in [5, 5.41) is 9.32. The number of carbonyl (C=O) groups is 2. The smallest absolute Gasteiger partial charge is 0.307 e. The molecule has 116 valence electrons. The van der Waals surface area contributed by atoms with E-state index in [9.17, 15) is 14.7 Å². The van der Waals surface area contributed by atoms with Crippen molar-refractivity contribution >= 4 is 11.9 Å². The lowest BCUT2D eigenvalue weighted by atomic mass is 9.78. The van der Waals surface area contributed by atoms with Crippen LogP contribution in [-0.4, -0.2) is 35.0 Å². The molecule has 0 radical (unpaired) electrons. The molecule has 0 spiro atoms. The molecule has 4 heteroatoms. The molecule has 0 aromatic rings. The number of unbranched alkanes of at least 4 members (excludes halogenated alkanes) is 2. The molecule has 1 aliphatic carbocycles. The normalized spacial score (nSPS) is 22.5. The number of nitrogens with zero attached hydrogens (tertiary/aromatic N) is 1. The average molecular weight is 283 g/mol. The predicted octanol–water partition coefficient (Wildman–Crippen LogP) is 3.31. The van der Waals surface area contributed by atoms with Crippen LogP contribution < -0.4 is 0 Å². The number of hydrogen-bond donors (Lipinski definition) is 1. The number of carboxylic acid groups (broad SMARTS) is 1. The van der Waals surface area contributed by atoms with Gasteiger partial charge >= 0.3 is 5.97 Å². The molecule has 0 aromatic heterocycles. The minimum Gasteiger partial charge on any atom is -0.481 e. The third-order valence-corrected chi connectivity index (χ3v) is 4.28. The molecule has 4 nitrogen and oxygen atoms in total. The second kappa shape index (κ2) is 8.98. The van der Waals surface area contributed by atoms with Crippen LogP contribution in [0.4, 0.5) is 0 Å². The van der Waals surface area contributed by atoms with Crippen molar-refractivity contribution in [2.75, 3.05) is 13.1 Å². The Labute approximate surface area is 122 Å². The fraction of sp³-hybridized carbons (Fsp3) is 0.875. The topological polar surface area (TPSA) is 57.6 Å². The van der Waals surface area contributed by atoms with E-state index < -0.39 is 11.9 Å². The molecule has 0 heterocycles. The Morgan fingerprint density at radius 3 is 1.95 bits per heavy atom. The third-order valence-electron chi connectivity index (χ3n) is 4.28. The van der Waals surface area contributed by atoms with Gasteiger partial charge in [0.2, 0.25) is 5.91 Å². The lowest BCUT2D eigenvalue weighted by Crippen LogP contribution is -2.43. The molecule has 0 aromatic carbocycles. The molecule has 1 amide bonds. The summed E-state index contributed by atoms with van der Waals surface area (Å²) < 4.78 is 0. The van der Waals surface area contributed by atoms with Gasteiger partial charge in [-0.3, -0.25) is 9.59 Å². The molecule has 1 rings (SSSR count). The zero-order chi connectivity index (χ0) is 15.0. The molecule has 1 saturated carbocycles. The second-order valence-corrected chi connectivity index (χ2v) is 5.87. The molecule has 0 bridgehead atoms. The summed E-state index contributed by atoms with van der Waals surface area (Å²) in [6.45, 7) is 5.78. The first-order valence-electron chi connectivity index (χ1n) is 8.13. The SMILES string of the molecule is CCCCN(CCCC)C(=O)[C@@H]1CCCC[C@@H]1C(=O)O. The highest BCUT2D eigenvalue weighted by molar-refractivity contribution is 5.85. The maximum absolute atomic E-state index is 12.7. The Hall–Kier alpha value is -1.06. The fourth-order valence-electron chi connectivity index (χ4n) is 2.99. The van der Waals surface area contributed by atoms with E-state index in [0.29, 0.717) is 6.42 Å². The van der Waals surface area contributed by atoms with Gasteiger partial charge in [0.05, 0.1) is 11.8 Å². The Bertz CT molecular complexity index is 309. The summed E-state index contributed by atoms with van der Waals surface area (Å²) >= 11 is 0. The summed E-state index contributed by atoms with van der Waals surface area (Å²) in [5.41, 5.74) is 0. The van der Waals surface area contributed by atoms with Gasteiger partial charge in [-0.15, -0.1) is 0 Å². The van der Waals surface area contributed by atoms with Crippen LogP contribution in [0.3, 0.4) is 0 Å². The number of hydrogen-bond acceptors (Lipinski definition) is 2. The standard InChI is InChI=1S/C16H29NO3/c1-3-5-11-17(12-6-4-2)15(18)13-9-7-8-10-14(13)16(19)20/h13-14H,3-12H2,1-2H3,(H,19,20)/t13-,14+/m1/s1. The number of rotatable bonds is 8. The number of aliphatic carboxylic acids is 1. The van der Waals surface area contributed by atoms with Crippen LogP contribution in [0.2, 0.25) is 0 Å².